The Kier molecular flexibility index (Phi) is 4.57. The molecular formula is C9H9Cl2NO2S. The molecule has 0 fully saturated rings. The van der Waals surface area contributed by atoms with E-state index in [2.05, 4.69) is 5.16 Å². The molecule has 0 radical (unpaired) electrons. The van der Waals surface area contributed by atoms with Crippen molar-refractivity contribution in [2.45, 2.75) is 0 Å². The Hall–Kier alpha value is -0.580. The Bertz CT molecular complexity index is 421. The summed E-state index contributed by atoms with van der Waals surface area (Å²) in [4.78, 5) is 0. The summed E-state index contributed by atoms with van der Waals surface area (Å²) in [6.07, 6.45) is 1.52. The quantitative estimate of drug-likeness (QED) is 0.519. The van der Waals surface area contributed by atoms with E-state index in [1.54, 1.807) is 18.2 Å². The van der Waals surface area contributed by atoms with Crippen molar-refractivity contribution in [1.29, 1.82) is 0 Å². The van der Waals surface area contributed by atoms with E-state index in [9.17, 15) is 4.21 Å². The van der Waals surface area contributed by atoms with Crippen LogP contribution in [-0.4, -0.2) is 27.1 Å². The Balaban J connectivity index is 3.08. The molecule has 0 bridgehead atoms. The summed E-state index contributed by atoms with van der Waals surface area (Å²) in [5.41, 5.74) is 0.830. The molecule has 1 N–H and O–H groups in total. The molecular weight excluding hydrogens is 257 g/mol. The summed E-state index contributed by atoms with van der Waals surface area (Å²) in [5, 5.41) is 12.7. The van der Waals surface area contributed by atoms with Gasteiger partial charge in [-0.25, -0.2) is 0 Å². The van der Waals surface area contributed by atoms with Gasteiger partial charge in [0, 0.05) is 27.6 Å². The van der Waals surface area contributed by atoms with E-state index >= 15 is 0 Å². The van der Waals surface area contributed by atoms with Gasteiger partial charge in [-0.3, -0.25) is 4.21 Å². The van der Waals surface area contributed by atoms with Gasteiger partial charge in [-0.2, -0.15) is 0 Å². The molecule has 0 saturated heterocycles. The number of hydrogen-bond donors (Lipinski definition) is 1. The van der Waals surface area contributed by atoms with E-state index < -0.39 is 10.8 Å². The van der Waals surface area contributed by atoms with Crippen LogP contribution in [0.2, 0.25) is 10.0 Å². The van der Waals surface area contributed by atoms with Crippen LogP contribution in [0.5, 0.6) is 0 Å². The monoisotopic (exact) mass is 265 g/mol. The first-order valence-corrected chi connectivity index (χ1v) is 6.49. The van der Waals surface area contributed by atoms with Crippen LogP contribution in [0, 0.1) is 0 Å². The minimum atomic E-state index is -1.09. The topological polar surface area (TPSA) is 49.7 Å². The van der Waals surface area contributed by atoms with Gasteiger partial charge in [0.2, 0.25) is 0 Å². The van der Waals surface area contributed by atoms with Crippen molar-refractivity contribution in [3.05, 3.63) is 33.8 Å². The van der Waals surface area contributed by atoms with Gasteiger partial charge in [0.15, 0.2) is 0 Å². The lowest BCUT2D eigenvalue weighted by molar-refractivity contribution is 0.319. The number of halogens is 2. The zero-order valence-corrected chi connectivity index (χ0v) is 10.2. The molecule has 0 aliphatic heterocycles. The van der Waals surface area contributed by atoms with E-state index in [1.807, 2.05) is 0 Å². The fourth-order valence-corrected chi connectivity index (χ4v) is 2.19. The lowest BCUT2D eigenvalue weighted by atomic mass is 10.1. The number of nitrogens with zero attached hydrogens (tertiary/aromatic N) is 1. The predicted molar refractivity (Wildman–Crippen MR) is 63.7 cm³/mol. The van der Waals surface area contributed by atoms with E-state index in [0.717, 1.165) is 0 Å². The second-order valence-corrected chi connectivity index (χ2v) is 5.17. The molecule has 1 aromatic carbocycles. The number of rotatable bonds is 3. The van der Waals surface area contributed by atoms with Crippen LogP contribution in [0.4, 0.5) is 0 Å². The summed E-state index contributed by atoms with van der Waals surface area (Å²) >= 11 is 11.6. The highest BCUT2D eigenvalue weighted by atomic mass is 35.5. The summed E-state index contributed by atoms with van der Waals surface area (Å²) in [5.74, 6) is 0.151. The smallest absolute Gasteiger partial charge is 0.101 e. The average molecular weight is 266 g/mol. The van der Waals surface area contributed by atoms with Gasteiger partial charge in [-0.05, 0) is 12.1 Å². The number of benzene rings is 1. The number of oxime groups is 1. The second kappa shape index (κ2) is 5.49. The van der Waals surface area contributed by atoms with Crippen LogP contribution < -0.4 is 0 Å². The molecule has 0 amide bonds. The van der Waals surface area contributed by atoms with Crippen LogP contribution in [0.25, 0.3) is 0 Å². The first-order valence-electron chi connectivity index (χ1n) is 4.01. The molecule has 1 unspecified atom stereocenters. The average Bonchev–Trinajstić information content (AvgIpc) is 2.14. The van der Waals surface area contributed by atoms with Crippen molar-refractivity contribution in [3.63, 3.8) is 0 Å². The maximum Gasteiger partial charge on any atom is 0.101 e. The molecule has 82 valence electrons. The predicted octanol–water partition coefficient (Wildman–Crippen LogP) is 2.55. The maximum absolute atomic E-state index is 11.0. The van der Waals surface area contributed by atoms with Gasteiger partial charge in [-0.1, -0.05) is 34.4 Å². The standard InChI is InChI=1S/C9H9Cl2NO2S/c1-15(14)5-9(12-13)7-3-2-6(10)4-8(7)11/h2-4,13H,5H2,1H3/b12-9+. The lowest BCUT2D eigenvalue weighted by Crippen LogP contribution is -2.11. The zero-order valence-electron chi connectivity index (χ0n) is 7.91. The summed E-state index contributed by atoms with van der Waals surface area (Å²) in [7, 11) is -1.09. The normalized spacial score (nSPS) is 13.9. The molecule has 1 rings (SSSR count). The molecule has 0 spiro atoms. The van der Waals surface area contributed by atoms with Crippen molar-refractivity contribution in [2.24, 2.45) is 5.16 Å². The molecule has 3 nitrogen and oxygen atoms in total. The van der Waals surface area contributed by atoms with Crippen molar-refractivity contribution in [2.75, 3.05) is 12.0 Å². The lowest BCUT2D eigenvalue weighted by Gasteiger charge is -2.05. The highest BCUT2D eigenvalue weighted by Gasteiger charge is 2.11. The van der Waals surface area contributed by atoms with Crippen LogP contribution in [0.15, 0.2) is 23.4 Å². The van der Waals surface area contributed by atoms with Crippen LogP contribution in [-0.2, 0) is 10.8 Å². The summed E-state index contributed by atoms with van der Waals surface area (Å²) in [6.45, 7) is 0. The third-order valence-corrected chi connectivity index (χ3v) is 2.93. The SMILES string of the molecule is CS(=O)C/C(=N\O)c1ccc(Cl)cc1Cl. The van der Waals surface area contributed by atoms with Crippen molar-refractivity contribution < 1.29 is 9.42 Å². The van der Waals surface area contributed by atoms with E-state index in [-0.39, 0.29) is 11.5 Å². The maximum atomic E-state index is 11.0. The van der Waals surface area contributed by atoms with Gasteiger partial charge in [0.05, 0.1) is 10.8 Å². The third-order valence-electron chi connectivity index (χ3n) is 1.70. The fourth-order valence-electron chi connectivity index (χ4n) is 1.08. The van der Waals surface area contributed by atoms with Gasteiger partial charge in [-0.15, -0.1) is 0 Å². The van der Waals surface area contributed by atoms with Gasteiger partial charge >= 0.3 is 0 Å². The van der Waals surface area contributed by atoms with Crippen molar-refractivity contribution >= 4 is 39.7 Å². The van der Waals surface area contributed by atoms with Crippen LogP contribution in [0.1, 0.15) is 5.56 Å². The largest absolute Gasteiger partial charge is 0.411 e. The Morgan fingerprint density at radius 3 is 2.67 bits per heavy atom. The van der Waals surface area contributed by atoms with Crippen molar-refractivity contribution in [1.82, 2.24) is 0 Å². The Labute approximate surface area is 100 Å². The van der Waals surface area contributed by atoms with E-state index in [1.165, 1.54) is 6.26 Å². The summed E-state index contributed by atoms with van der Waals surface area (Å²) in [6, 6.07) is 4.81. The fraction of sp³-hybridized carbons (Fsp3) is 0.222. The zero-order chi connectivity index (χ0) is 11.4. The van der Waals surface area contributed by atoms with Crippen LogP contribution in [0.3, 0.4) is 0 Å². The van der Waals surface area contributed by atoms with E-state index in [0.29, 0.717) is 15.6 Å². The molecule has 15 heavy (non-hydrogen) atoms. The minimum Gasteiger partial charge on any atom is -0.411 e. The molecule has 0 aromatic heterocycles. The van der Waals surface area contributed by atoms with Crippen LogP contribution >= 0.6 is 23.2 Å². The molecule has 1 aromatic rings. The highest BCUT2D eigenvalue weighted by Crippen LogP contribution is 2.21. The second-order valence-electron chi connectivity index (χ2n) is 2.89. The first kappa shape index (κ1) is 12.5. The Morgan fingerprint density at radius 1 is 1.53 bits per heavy atom. The molecule has 0 saturated carbocycles. The highest BCUT2D eigenvalue weighted by molar-refractivity contribution is 7.85. The molecule has 6 heteroatoms. The molecule has 0 heterocycles. The summed E-state index contributed by atoms with van der Waals surface area (Å²) < 4.78 is 11.0. The molecule has 0 aliphatic rings. The Morgan fingerprint density at radius 2 is 2.20 bits per heavy atom. The van der Waals surface area contributed by atoms with Gasteiger partial charge < -0.3 is 5.21 Å². The van der Waals surface area contributed by atoms with Crippen molar-refractivity contribution in [3.8, 4) is 0 Å². The number of hydrogen-bond acceptors (Lipinski definition) is 3. The third kappa shape index (κ3) is 3.48. The van der Waals surface area contributed by atoms with Gasteiger partial charge in [0.1, 0.15) is 5.71 Å². The molecule has 1 atom stereocenters. The molecule has 0 aliphatic carbocycles. The minimum absolute atomic E-state index is 0.151. The van der Waals surface area contributed by atoms with E-state index in [4.69, 9.17) is 28.4 Å². The first-order chi connectivity index (χ1) is 7.04. The van der Waals surface area contributed by atoms with Gasteiger partial charge in [0.25, 0.3) is 0 Å².